The van der Waals surface area contributed by atoms with Crippen molar-refractivity contribution in [3.63, 3.8) is 0 Å². The van der Waals surface area contributed by atoms with Gasteiger partial charge >= 0.3 is 12.1 Å². The number of aryl methyl sites for hydroxylation is 1. The molecule has 12 nitrogen and oxygen atoms in total. The number of hydrogen-bond acceptors (Lipinski definition) is 11. The molecule has 0 saturated heterocycles. The minimum absolute atomic E-state index is 0.0950. The van der Waals surface area contributed by atoms with Crippen LogP contribution < -0.4 is 18.5 Å². The lowest BCUT2D eigenvalue weighted by Gasteiger charge is -2.24. The van der Waals surface area contributed by atoms with Crippen LogP contribution in [-0.4, -0.2) is 71.4 Å². The van der Waals surface area contributed by atoms with Crippen LogP contribution in [0.4, 0.5) is 14.3 Å². The van der Waals surface area contributed by atoms with Gasteiger partial charge in [-0.05, 0) is 61.7 Å². The number of ether oxygens (including phenoxy) is 5. The van der Waals surface area contributed by atoms with E-state index in [9.17, 15) is 18.0 Å². The molecular formula is C33H34Cl2FN3O9S2. The van der Waals surface area contributed by atoms with Crippen LogP contribution in [0, 0.1) is 5.82 Å². The van der Waals surface area contributed by atoms with Crippen LogP contribution in [0.3, 0.4) is 0 Å². The van der Waals surface area contributed by atoms with Crippen molar-refractivity contribution in [2.45, 2.75) is 31.2 Å². The lowest BCUT2D eigenvalue weighted by Crippen LogP contribution is -2.37. The van der Waals surface area contributed by atoms with Gasteiger partial charge in [-0.2, -0.15) is 0 Å². The molecule has 0 fully saturated rings. The number of benzene rings is 3. The van der Waals surface area contributed by atoms with Crippen LogP contribution in [-0.2, 0) is 37.3 Å². The van der Waals surface area contributed by atoms with Crippen molar-refractivity contribution in [1.82, 2.24) is 9.88 Å². The molecule has 0 N–H and O–H groups in total. The maximum Gasteiger partial charge on any atom is 0.410 e. The first-order valence-electron chi connectivity index (χ1n) is 15.0. The van der Waals surface area contributed by atoms with Gasteiger partial charge in [0.2, 0.25) is 0 Å². The zero-order valence-electron chi connectivity index (χ0n) is 27.5. The summed E-state index contributed by atoms with van der Waals surface area (Å²) in [6.07, 6.45) is 1.44. The number of esters is 1. The third-order valence-electron chi connectivity index (χ3n) is 7.19. The number of carbonyl (C=O) groups is 2. The van der Waals surface area contributed by atoms with Crippen molar-refractivity contribution in [2.75, 3.05) is 45.3 Å². The Hall–Kier alpha value is -4.31. The molecule has 4 aromatic rings. The van der Waals surface area contributed by atoms with Crippen LogP contribution in [0.5, 0.6) is 23.0 Å². The van der Waals surface area contributed by atoms with Gasteiger partial charge in [0, 0.05) is 40.8 Å². The molecule has 0 aliphatic heterocycles. The number of hydrogen-bond donors (Lipinski definition) is 0. The van der Waals surface area contributed by atoms with Gasteiger partial charge in [0.15, 0.2) is 5.13 Å². The average molecular weight is 771 g/mol. The quantitative estimate of drug-likeness (QED) is 0.107. The highest BCUT2D eigenvalue weighted by atomic mass is 35.5. The van der Waals surface area contributed by atoms with Crippen molar-refractivity contribution in [2.24, 2.45) is 0 Å². The van der Waals surface area contributed by atoms with E-state index in [0.717, 1.165) is 27.8 Å². The van der Waals surface area contributed by atoms with E-state index in [4.69, 9.17) is 42.1 Å². The highest BCUT2D eigenvalue weighted by Crippen LogP contribution is 2.38. The number of nitrogens with zero attached hydrogens (tertiary/aromatic N) is 3. The molecule has 50 heavy (non-hydrogen) atoms. The first kappa shape index (κ1) is 38.5. The van der Waals surface area contributed by atoms with Crippen molar-refractivity contribution >= 4 is 61.8 Å². The smallest absolute Gasteiger partial charge is 0.410 e. The molecule has 0 aliphatic carbocycles. The molecule has 17 heteroatoms. The first-order valence-corrected chi connectivity index (χ1v) is 18.1. The van der Waals surface area contributed by atoms with Gasteiger partial charge in [-0.1, -0.05) is 23.2 Å². The maximum absolute atomic E-state index is 15.8. The molecule has 0 unspecified atom stereocenters. The summed E-state index contributed by atoms with van der Waals surface area (Å²) >= 11 is 13.8. The van der Waals surface area contributed by atoms with E-state index in [1.165, 1.54) is 32.4 Å². The summed E-state index contributed by atoms with van der Waals surface area (Å²) in [5.41, 5.74) is 1.06. The number of anilines is 1. The molecule has 0 saturated carbocycles. The number of carbonyl (C=O) groups excluding carboxylic acids is 2. The van der Waals surface area contributed by atoms with Gasteiger partial charge in [-0.15, -0.1) is 11.3 Å². The number of rotatable bonds is 16. The van der Waals surface area contributed by atoms with E-state index in [2.05, 4.69) is 9.72 Å². The molecule has 0 bridgehead atoms. The largest absolute Gasteiger partial charge is 0.497 e. The fourth-order valence-corrected chi connectivity index (χ4v) is 7.53. The Morgan fingerprint density at radius 2 is 1.74 bits per heavy atom. The summed E-state index contributed by atoms with van der Waals surface area (Å²) in [6.45, 7) is 1.38. The molecule has 0 radical (unpaired) electrons. The molecule has 268 valence electrons. The summed E-state index contributed by atoms with van der Waals surface area (Å²) in [7, 11) is -0.429. The molecule has 3 aromatic carbocycles. The van der Waals surface area contributed by atoms with Crippen LogP contribution in [0.15, 0.2) is 65.0 Å². The summed E-state index contributed by atoms with van der Waals surface area (Å²) in [5, 5.41) is 1.90. The average Bonchev–Trinajstić information content (AvgIpc) is 3.63. The number of thiazole rings is 1. The summed E-state index contributed by atoms with van der Waals surface area (Å²) in [5.74, 6) is -0.748. The predicted octanol–water partition coefficient (Wildman–Crippen LogP) is 7.36. The van der Waals surface area contributed by atoms with Crippen molar-refractivity contribution < 1.29 is 46.1 Å². The topological polar surface area (TPSA) is 134 Å². The predicted molar refractivity (Wildman–Crippen MR) is 187 cm³/mol. The molecule has 1 heterocycles. The van der Waals surface area contributed by atoms with Gasteiger partial charge in [0.1, 0.15) is 40.3 Å². The van der Waals surface area contributed by atoms with E-state index < -0.39 is 32.8 Å². The van der Waals surface area contributed by atoms with Gasteiger partial charge in [0.25, 0.3) is 10.0 Å². The molecule has 0 aliphatic rings. The Labute approximate surface area is 303 Å². The fraction of sp³-hybridized carbons (Fsp3) is 0.303. The number of sulfonamides is 1. The lowest BCUT2D eigenvalue weighted by molar-refractivity contribution is -0.141. The summed E-state index contributed by atoms with van der Waals surface area (Å²) < 4.78 is 71.3. The number of aromatic nitrogens is 1. The second kappa shape index (κ2) is 17.6. The van der Waals surface area contributed by atoms with Crippen molar-refractivity contribution in [3.05, 3.63) is 87.1 Å². The highest BCUT2D eigenvalue weighted by Gasteiger charge is 2.32. The minimum atomic E-state index is -4.57. The second-order valence-corrected chi connectivity index (χ2v) is 13.9. The maximum atomic E-state index is 15.8. The molecular weight excluding hydrogens is 736 g/mol. The third-order valence-corrected chi connectivity index (χ3v) is 10.4. The van der Waals surface area contributed by atoms with Crippen molar-refractivity contribution in [1.29, 1.82) is 0 Å². The van der Waals surface area contributed by atoms with Crippen LogP contribution in [0.25, 0.3) is 0 Å². The Balaban J connectivity index is 1.60. The fourth-order valence-electron chi connectivity index (χ4n) is 4.73. The lowest BCUT2D eigenvalue weighted by atomic mass is 10.1. The van der Waals surface area contributed by atoms with Gasteiger partial charge in [0.05, 0.1) is 39.5 Å². The Kier molecular flexibility index (Phi) is 13.5. The number of amides is 1. The Morgan fingerprint density at radius 3 is 2.40 bits per heavy atom. The second-order valence-electron chi connectivity index (χ2n) is 10.4. The first-order chi connectivity index (χ1) is 23.9. The van der Waals surface area contributed by atoms with Gasteiger partial charge < -0.3 is 23.7 Å². The van der Waals surface area contributed by atoms with Crippen LogP contribution in [0.1, 0.15) is 24.5 Å². The molecule has 1 amide bonds. The minimum Gasteiger partial charge on any atom is -0.497 e. The number of halogens is 3. The number of methoxy groups -OCH3 is 3. The molecule has 4 rings (SSSR count). The summed E-state index contributed by atoms with van der Waals surface area (Å²) in [6, 6.07) is 11.5. The van der Waals surface area contributed by atoms with Gasteiger partial charge in [-0.3, -0.25) is 9.69 Å². The van der Waals surface area contributed by atoms with Crippen molar-refractivity contribution in [3.8, 4) is 23.0 Å². The van der Waals surface area contributed by atoms with E-state index in [-0.39, 0.29) is 47.9 Å². The Bertz CT molecular complexity index is 1910. The van der Waals surface area contributed by atoms with E-state index in [0.29, 0.717) is 40.5 Å². The zero-order valence-corrected chi connectivity index (χ0v) is 30.6. The molecule has 1 aromatic heterocycles. The summed E-state index contributed by atoms with van der Waals surface area (Å²) in [4.78, 5) is 28.9. The highest BCUT2D eigenvalue weighted by molar-refractivity contribution is 7.93. The van der Waals surface area contributed by atoms with E-state index in [1.54, 1.807) is 48.7 Å². The monoisotopic (exact) mass is 769 g/mol. The van der Waals surface area contributed by atoms with Crippen LogP contribution in [0.2, 0.25) is 10.0 Å². The van der Waals surface area contributed by atoms with Crippen LogP contribution >= 0.6 is 34.5 Å². The van der Waals surface area contributed by atoms with E-state index in [1.807, 2.05) is 0 Å². The van der Waals surface area contributed by atoms with E-state index >= 15 is 4.39 Å². The SMILES string of the molecule is CCOC(=O)N(CCCc1cc(Cl)ccc1Oc1cc(F)c(S(=O)(=O)N(Cc2ccc(OC)cc2OC)c2nccs2)cc1Cl)CC(=O)OC. The Morgan fingerprint density at radius 1 is 0.960 bits per heavy atom. The third kappa shape index (κ3) is 9.47. The molecule has 0 spiro atoms. The molecule has 0 atom stereocenters. The normalized spacial score (nSPS) is 11.1. The zero-order chi connectivity index (χ0) is 36.4. The standard InChI is InChI=1S/C33H34Cl2FN3O9S2/c1-5-47-33(41)38(20-31(40)46-4)13-6-7-21-15-23(34)9-11-27(21)48-29-18-26(36)30(17-25(29)35)50(42,43)39(32-37-12-14-49-32)19-22-8-10-24(44-2)16-28(22)45-3/h8-12,14-18H,5-7,13,19-20H2,1-4H3. The van der Waals surface area contributed by atoms with Gasteiger partial charge in [-0.25, -0.2) is 26.9 Å².